The zero-order chi connectivity index (χ0) is 23.2. The number of guanidine groups is 1. The number of para-hydroxylation sites is 1. The number of ether oxygens (including phenoxy) is 1. The SMILES string of the molecule is C=CCOc1ccccc1CNC(=NCc1cccc(C(=O)NCCN(C)C)c1)NCC. The number of nitrogens with one attached hydrogen (secondary N) is 3. The van der Waals surface area contributed by atoms with Crippen molar-refractivity contribution in [1.82, 2.24) is 20.9 Å². The van der Waals surface area contributed by atoms with Crippen LogP contribution in [0.4, 0.5) is 0 Å². The van der Waals surface area contributed by atoms with Crippen molar-refractivity contribution in [1.29, 1.82) is 0 Å². The zero-order valence-corrected chi connectivity index (χ0v) is 19.4. The lowest BCUT2D eigenvalue weighted by molar-refractivity contribution is 0.0951. The van der Waals surface area contributed by atoms with Crippen LogP contribution in [-0.4, -0.2) is 57.1 Å². The molecule has 32 heavy (non-hydrogen) atoms. The Morgan fingerprint density at radius 3 is 2.69 bits per heavy atom. The number of carbonyl (C=O) groups is 1. The van der Waals surface area contributed by atoms with E-state index in [-0.39, 0.29) is 5.91 Å². The number of hydrogen-bond acceptors (Lipinski definition) is 4. The van der Waals surface area contributed by atoms with Crippen molar-refractivity contribution >= 4 is 11.9 Å². The molecule has 1 amide bonds. The van der Waals surface area contributed by atoms with Crippen LogP contribution in [0.15, 0.2) is 66.2 Å². The van der Waals surface area contributed by atoms with Crippen molar-refractivity contribution in [3.63, 3.8) is 0 Å². The topological polar surface area (TPSA) is 78.0 Å². The van der Waals surface area contributed by atoms with Crippen LogP contribution in [0.1, 0.15) is 28.4 Å². The van der Waals surface area contributed by atoms with Crippen LogP contribution in [0.25, 0.3) is 0 Å². The van der Waals surface area contributed by atoms with E-state index in [4.69, 9.17) is 4.74 Å². The van der Waals surface area contributed by atoms with Crippen LogP contribution in [0.3, 0.4) is 0 Å². The fourth-order valence-electron chi connectivity index (χ4n) is 2.94. The first-order chi connectivity index (χ1) is 15.5. The molecule has 0 aliphatic carbocycles. The number of nitrogens with zero attached hydrogens (tertiary/aromatic N) is 2. The number of aliphatic imine (C=N–C) groups is 1. The van der Waals surface area contributed by atoms with Crippen LogP contribution >= 0.6 is 0 Å². The summed E-state index contributed by atoms with van der Waals surface area (Å²) in [5, 5.41) is 9.55. The van der Waals surface area contributed by atoms with Gasteiger partial charge < -0.3 is 25.6 Å². The summed E-state index contributed by atoms with van der Waals surface area (Å²) in [6.45, 7) is 9.38. The summed E-state index contributed by atoms with van der Waals surface area (Å²) < 4.78 is 5.73. The van der Waals surface area contributed by atoms with E-state index in [0.29, 0.717) is 37.8 Å². The molecule has 0 bridgehead atoms. The van der Waals surface area contributed by atoms with E-state index >= 15 is 0 Å². The van der Waals surface area contributed by atoms with Crippen molar-refractivity contribution in [2.24, 2.45) is 4.99 Å². The van der Waals surface area contributed by atoms with Crippen molar-refractivity contribution < 1.29 is 9.53 Å². The first-order valence-corrected chi connectivity index (χ1v) is 10.9. The number of likely N-dealkylation sites (N-methyl/N-ethyl adjacent to an activating group) is 1. The Balaban J connectivity index is 2.00. The molecular weight excluding hydrogens is 402 g/mol. The van der Waals surface area contributed by atoms with E-state index in [9.17, 15) is 4.79 Å². The van der Waals surface area contributed by atoms with Gasteiger partial charge in [0.2, 0.25) is 0 Å². The van der Waals surface area contributed by atoms with Gasteiger partial charge in [-0.25, -0.2) is 4.99 Å². The molecule has 0 aliphatic heterocycles. The maximum absolute atomic E-state index is 12.4. The molecule has 2 rings (SSSR count). The summed E-state index contributed by atoms with van der Waals surface area (Å²) in [6, 6.07) is 15.5. The highest BCUT2D eigenvalue weighted by Gasteiger charge is 2.07. The lowest BCUT2D eigenvalue weighted by Gasteiger charge is -2.14. The highest BCUT2D eigenvalue weighted by Crippen LogP contribution is 2.17. The highest BCUT2D eigenvalue weighted by atomic mass is 16.5. The second kappa shape index (κ2) is 13.9. The third-order valence-corrected chi connectivity index (χ3v) is 4.57. The van der Waals surface area contributed by atoms with Crippen molar-refractivity contribution in [3.8, 4) is 5.75 Å². The van der Waals surface area contributed by atoms with E-state index in [1.54, 1.807) is 6.08 Å². The average molecular weight is 438 g/mol. The zero-order valence-electron chi connectivity index (χ0n) is 19.4. The Kier molecular flexibility index (Phi) is 10.8. The summed E-state index contributed by atoms with van der Waals surface area (Å²) >= 11 is 0. The standard InChI is InChI=1S/C25H35N5O2/c1-5-16-32-23-13-8-7-11-22(23)19-29-25(26-6-2)28-18-20-10-9-12-21(17-20)24(31)27-14-15-30(3)4/h5,7-13,17H,1,6,14-16,18-19H2,2-4H3,(H,27,31)(H2,26,28,29). The monoisotopic (exact) mass is 437 g/mol. The fraction of sp³-hybridized carbons (Fsp3) is 0.360. The number of amides is 1. The van der Waals surface area contributed by atoms with E-state index in [2.05, 4.69) is 27.5 Å². The van der Waals surface area contributed by atoms with Gasteiger partial charge in [-0.2, -0.15) is 0 Å². The van der Waals surface area contributed by atoms with Crippen LogP contribution in [0.2, 0.25) is 0 Å². The molecule has 172 valence electrons. The Morgan fingerprint density at radius 1 is 1.12 bits per heavy atom. The molecule has 0 saturated carbocycles. The van der Waals surface area contributed by atoms with Gasteiger partial charge in [0.25, 0.3) is 5.91 Å². The predicted molar refractivity (Wildman–Crippen MR) is 131 cm³/mol. The Bertz CT molecular complexity index is 895. The summed E-state index contributed by atoms with van der Waals surface area (Å²) in [5.74, 6) is 1.45. The van der Waals surface area contributed by atoms with Gasteiger partial charge in [-0.15, -0.1) is 0 Å². The Hall–Kier alpha value is -3.32. The number of hydrogen-bond donors (Lipinski definition) is 3. The third kappa shape index (κ3) is 8.81. The lowest BCUT2D eigenvalue weighted by Crippen LogP contribution is -2.36. The minimum absolute atomic E-state index is 0.0705. The molecule has 0 spiro atoms. The predicted octanol–water partition coefficient (Wildman–Crippen LogP) is 2.80. The largest absolute Gasteiger partial charge is 0.489 e. The van der Waals surface area contributed by atoms with Gasteiger partial charge in [0, 0.05) is 37.3 Å². The summed E-state index contributed by atoms with van der Waals surface area (Å²) in [4.78, 5) is 19.1. The highest BCUT2D eigenvalue weighted by molar-refractivity contribution is 5.94. The molecule has 0 fully saturated rings. The average Bonchev–Trinajstić information content (AvgIpc) is 2.80. The molecule has 2 aromatic carbocycles. The maximum Gasteiger partial charge on any atom is 0.251 e. The fourth-order valence-corrected chi connectivity index (χ4v) is 2.94. The van der Waals surface area contributed by atoms with E-state index in [1.807, 2.05) is 74.4 Å². The van der Waals surface area contributed by atoms with Crippen molar-refractivity contribution in [2.75, 3.05) is 40.3 Å². The molecule has 0 saturated heterocycles. The van der Waals surface area contributed by atoms with Gasteiger partial charge in [-0.05, 0) is 44.8 Å². The minimum atomic E-state index is -0.0705. The number of benzene rings is 2. The number of rotatable bonds is 12. The molecule has 0 aliphatic rings. The summed E-state index contributed by atoms with van der Waals surface area (Å²) in [5.41, 5.74) is 2.65. The van der Waals surface area contributed by atoms with Gasteiger partial charge in [0.15, 0.2) is 5.96 Å². The van der Waals surface area contributed by atoms with Gasteiger partial charge >= 0.3 is 0 Å². The van der Waals surface area contributed by atoms with Gasteiger partial charge in [0.05, 0.1) is 6.54 Å². The molecule has 3 N–H and O–H groups in total. The smallest absolute Gasteiger partial charge is 0.251 e. The van der Waals surface area contributed by atoms with E-state index in [0.717, 1.165) is 30.0 Å². The lowest BCUT2D eigenvalue weighted by atomic mass is 10.1. The maximum atomic E-state index is 12.4. The Labute approximate surface area is 191 Å². The van der Waals surface area contributed by atoms with Crippen molar-refractivity contribution in [2.45, 2.75) is 20.0 Å². The molecule has 0 unspecified atom stereocenters. The van der Waals surface area contributed by atoms with Crippen LogP contribution in [0, 0.1) is 0 Å². The first kappa shape index (κ1) is 24.9. The molecular formula is C25H35N5O2. The van der Waals surface area contributed by atoms with Crippen LogP contribution in [-0.2, 0) is 13.1 Å². The molecule has 7 heteroatoms. The van der Waals surface area contributed by atoms with E-state index < -0.39 is 0 Å². The molecule has 0 aromatic heterocycles. The second-order valence-corrected chi connectivity index (χ2v) is 7.52. The normalized spacial score (nSPS) is 11.2. The second-order valence-electron chi connectivity index (χ2n) is 7.52. The molecule has 0 atom stereocenters. The van der Waals surface area contributed by atoms with Crippen LogP contribution in [0.5, 0.6) is 5.75 Å². The molecule has 2 aromatic rings. The quantitative estimate of drug-likeness (QED) is 0.270. The van der Waals surface area contributed by atoms with Gasteiger partial charge in [-0.3, -0.25) is 4.79 Å². The number of carbonyl (C=O) groups excluding carboxylic acids is 1. The van der Waals surface area contributed by atoms with Gasteiger partial charge in [-0.1, -0.05) is 43.0 Å². The summed E-state index contributed by atoms with van der Waals surface area (Å²) in [7, 11) is 3.96. The molecule has 0 radical (unpaired) electrons. The van der Waals surface area contributed by atoms with Gasteiger partial charge in [0.1, 0.15) is 12.4 Å². The van der Waals surface area contributed by atoms with Crippen LogP contribution < -0.4 is 20.7 Å². The molecule has 7 nitrogen and oxygen atoms in total. The third-order valence-electron chi connectivity index (χ3n) is 4.57. The minimum Gasteiger partial charge on any atom is -0.489 e. The first-order valence-electron chi connectivity index (χ1n) is 10.9. The van der Waals surface area contributed by atoms with E-state index in [1.165, 1.54) is 0 Å². The Morgan fingerprint density at radius 2 is 1.94 bits per heavy atom. The van der Waals surface area contributed by atoms with Crippen molar-refractivity contribution in [3.05, 3.63) is 77.9 Å². The summed E-state index contributed by atoms with van der Waals surface area (Å²) in [6.07, 6.45) is 1.73. The molecule has 0 heterocycles.